The zero-order chi connectivity index (χ0) is 13.9. The monoisotopic (exact) mass is 269 g/mol. The summed E-state index contributed by atoms with van der Waals surface area (Å²) in [4.78, 5) is 0. The minimum Gasteiger partial charge on any atom is -0.376 e. The SMILES string of the molecule is CCNC(c1cc(F)ccc1F)C1(OC)CCCC1. The maximum Gasteiger partial charge on any atom is 0.128 e. The molecule has 1 N–H and O–H groups in total. The lowest BCUT2D eigenvalue weighted by Gasteiger charge is -2.37. The van der Waals surface area contributed by atoms with E-state index < -0.39 is 11.4 Å². The van der Waals surface area contributed by atoms with Gasteiger partial charge in [-0.05, 0) is 37.6 Å². The van der Waals surface area contributed by atoms with Gasteiger partial charge in [0.05, 0.1) is 11.6 Å². The second-order valence-electron chi connectivity index (χ2n) is 5.13. The molecule has 1 unspecified atom stereocenters. The number of ether oxygens (including phenoxy) is 1. The zero-order valence-electron chi connectivity index (χ0n) is 11.5. The van der Waals surface area contributed by atoms with Gasteiger partial charge in [0.2, 0.25) is 0 Å². The van der Waals surface area contributed by atoms with Crippen molar-refractivity contribution in [3.8, 4) is 0 Å². The summed E-state index contributed by atoms with van der Waals surface area (Å²) >= 11 is 0. The molecule has 0 aliphatic heterocycles. The van der Waals surface area contributed by atoms with Crippen LogP contribution in [0.4, 0.5) is 8.78 Å². The van der Waals surface area contributed by atoms with E-state index in [1.54, 1.807) is 7.11 Å². The van der Waals surface area contributed by atoms with Gasteiger partial charge in [-0.1, -0.05) is 19.8 Å². The number of hydrogen-bond donors (Lipinski definition) is 1. The van der Waals surface area contributed by atoms with E-state index in [9.17, 15) is 8.78 Å². The highest BCUT2D eigenvalue weighted by Crippen LogP contribution is 2.43. The van der Waals surface area contributed by atoms with Gasteiger partial charge in [-0.15, -0.1) is 0 Å². The minimum atomic E-state index is -0.426. The lowest BCUT2D eigenvalue weighted by molar-refractivity contribution is -0.0373. The Morgan fingerprint density at radius 3 is 2.58 bits per heavy atom. The minimum absolute atomic E-state index is 0.305. The van der Waals surface area contributed by atoms with Gasteiger partial charge in [0.25, 0.3) is 0 Å². The summed E-state index contributed by atoms with van der Waals surface area (Å²) in [6.45, 7) is 2.65. The lowest BCUT2D eigenvalue weighted by atomic mass is 9.86. The molecule has 0 spiro atoms. The van der Waals surface area contributed by atoms with E-state index in [0.29, 0.717) is 12.1 Å². The van der Waals surface area contributed by atoms with Gasteiger partial charge < -0.3 is 10.1 Å². The van der Waals surface area contributed by atoms with E-state index in [1.807, 2.05) is 6.92 Å². The standard InChI is InChI=1S/C15H21F2NO/c1-3-18-14(15(19-2)8-4-5-9-15)12-10-11(16)6-7-13(12)17/h6-7,10,14,18H,3-5,8-9H2,1-2H3. The van der Waals surface area contributed by atoms with Gasteiger partial charge in [-0.3, -0.25) is 0 Å². The maximum absolute atomic E-state index is 14.0. The number of nitrogens with one attached hydrogen (secondary N) is 1. The molecular weight excluding hydrogens is 248 g/mol. The Labute approximate surface area is 113 Å². The van der Waals surface area contributed by atoms with Crippen LogP contribution in [0.3, 0.4) is 0 Å². The van der Waals surface area contributed by atoms with Crippen LogP contribution in [0.2, 0.25) is 0 Å². The summed E-state index contributed by atoms with van der Waals surface area (Å²) in [7, 11) is 1.66. The summed E-state index contributed by atoms with van der Waals surface area (Å²) in [5.74, 6) is -0.792. The maximum atomic E-state index is 14.0. The quantitative estimate of drug-likeness (QED) is 0.882. The normalized spacial score (nSPS) is 19.6. The van der Waals surface area contributed by atoms with Crippen LogP contribution < -0.4 is 5.32 Å². The van der Waals surface area contributed by atoms with Crippen molar-refractivity contribution in [3.63, 3.8) is 0 Å². The van der Waals surface area contributed by atoms with Crippen LogP contribution in [0.1, 0.15) is 44.2 Å². The van der Waals surface area contributed by atoms with Gasteiger partial charge >= 0.3 is 0 Å². The summed E-state index contributed by atoms with van der Waals surface area (Å²) in [5, 5.41) is 3.27. The highest BCUT2D eigenvalue weighted by molar-refractivity contribution is 5.26. The number of halogens is 2. The van der Waals surface area contributed by atoms with E-state index in [-0.39, 0.29) is 11.9 Å². The number of likely N-dealkylation sites (N-methyl/N-ethyl adjacent to an activating group) is 1. The van der Waals surface area contributed by atoms with E-state index in [1.165, 1.54) is 12.1 Å². The third kappa shape index (κ3) is 2.79. The van der Waals surface area contributed by atoms with Gasteiger partial charge in [-0.2, -0.15) is 0 Å². The molecule has 1 saturated carbocycles. The van der Waals surface area contributed by atoms with Crippen LogP contribution in [0.5, 0.6) is 0 Å². The van der Waals surface area contributed by atoms with Crippen molar-refractivity contribution < 1.29 is 13.5 Å². The fraction of sp³-hybridized carbons (Fsp3) is 0.600. The van der Waals surface area contributed by atoms with Crippen molar-refractivity contribution in [2.45, 2.75) is 44.2 Å². The van der Waals surface area contributed by atoms with E-state index in [2.05, 4.69) is 5.32 Å². The Kier molecular flexibility index (Phi) is 4.53. The fourth-order valence-corrected chi connectivity index (χ4v) is 3.10. The largest absolute Gasteiger partial charge is 0.376 e. The topological polar surface area (TPSA) is 21.3 Å². The number of hydrogen-bond acceptors (Lipinski definition) is 2. The van der Waals surface area contributed by atoms with Gasteiger partial charge in [-0.25, -0.2) is 8.78 Å². The molecule has 106 valence electrons. The third-order valence-corrected chi connectivity index (χ3v) is 4.06. The Bertz CT molecular complexity index is 430. The number of rotatable bonds is 5. The molecule has 0 amide bonds. The average Bonchev–Trinajstić information content (AvgIpc) is 2.89. The first kappa shape index (κ1) is 14.4. The summed E-state index contributed by atoms with van der Waals surface area (Å²) in [5.41, 5.74) is -0.0597. The predicted octanol–water partition coefficient (Wildman–Crippen LogP) is 3.57. The molecule has 1 aromatic rings. The number of methoxy groups -OCH3 is 1. The summed E-state index contributed by atoms with van der Waals surface area (Å²) in [6.07, 6.45) is 3.87. The van der Waals surface area contributed by atoms with Crippen molar-refractivity contribution in [2.24, 2.45) is 0 Å². The highest BCUT2D eigenvalue weighted by atomic mass is 19.1. The second kappa shape index (κ2) is 5.97. The molecule has 1 aliphatic carbocycles. The fourth-order valence-electron chi connectivity index (χ4n) is 3.10. The van der Waals surface area contributed by atoms with Crippen molar-refractivity contribution in [2.75, 3.05) is 13.7 Å². The molecule has 0 bridgehead atoms. The van der Waals surface area contributed by atoms with Crippen molar-refractivity contribution >= 4 is 0 Å². The molecule has 4 heteroatoms. The van der Waals surface area contributed by atoms with Crippen molar-refractivity contribution in [1.29, 1.82) is 0 Å². The molecule has 1 aromatic carbocycles. The molecule has 0 saturated heterocycles. The van der Waals surface area contributed by atoms with Gasteiger partial charge in [0.1, 0.15) is 11.6 Å². The van der Waals surface area contributed by atoms with E-state index in [4.69, 9.17) is 4.74 Å². The predicted molar refractivity (Wildman–Crippen MR) is 71.0 cm³/mol. The van der Waals surface area contributed by atoms with Crippen LogP contribution >= 0.6 is 0 Å². The van der Waals surface area contributed by atoms with Crippen LogP contribution in [0.25, 0.3) is 0 Å². The Balaban J connectivity index is 2.41. The smallest absolute Gasteiger partial charge is 0.128 e. The molecule has 1 aliphatic rings. The molecule has 0 radical (unpaired) electrons. The van der Waals surface area contributed by atoms with Gasteiger partial charge in [0, 0.05) is 12.7 Å². The number of benzene rings is 1. The Hall–Kier alpha value is -1.00. The van der Waals surface area contributed by atoms with Crippen molar-refractivity contribution in [3.05, 3.63) is 35.4 Å². The zero-order valence-corrected chi connectivity index (χ0v) is 11.5. The molecule has 0 aromatic heterocycles. The molecule has 0 heterocycles. The molecule has 1 atom stereocenters. The second-order valence-corrected chi connectivity index (χ2v) is 5.13. The first-order valence-corrected chi connectivity index (χ1v) is 6.86. The van der Waals surface area contributed by atoms with Crippen LogP contribution in [0.15, 0.2) is 18.2 Å². The average molecular weight is 269 g/mol. The van der Waals surface area contributed by atoms with Crippen molar-refractivity contribution in [1.82, 2.24) is 5.32 Å². The highest BCUT2D eigenvalue weighted by Gasteiger charge is 2.43. The molecule has 1 fully saturated rings. The Morgan fingerprint density at radius 1 is 1.32 bits per heavy atom. The molecule has 2 rings (SSSR count). The van der Waals surface area contributed by atoms with E-state index >= 15 is 0 Å². The first-order chi connectivity index (χ1) is 9.13. The third-order valence-electron chi connectivity index (χ3n) is 4.06. The summed E-state index contributed by atoms with van der Waals surface area (Å²) < 4.78 is 33.2. The lowest BCUT2D eigenvalue weighted by Crippen LogP contribution is -2.44. The molecular formula is C15H21F2NO. The summed E-state index contributed by atoms with van der Waals surface area (Å²) in [6, 6.07) is 3.31. The Morgan fingerprint density at radius 2 is 2.00 bits per heavy atom. The van der Waals surface area contributed by atoms with Crippen LogP contribution in [0, 0.1) is 11.6 Å². The molecule has 2 nitrogen and oxygen atoms in total. The molecule has 19 heavy (non-hydrogen) atoms. The van der Waals surface area contributed by atoms with Gasteiger partial charge in [0.15, 0.2) is 0 Å². The first-order valence-electron chi connectivity index (χ1n) is 6.86. The van der Waals surface area contributed by atoms with Crippen LogP contribution in [-0.2, 0) is 4.74 Å². The van der Waals surface area contributed by atoms with E-state index in [0.717, 1.165) is 31.7 Å². The van der Waals surface area contributed by atoms with Crippen LogP contribution in [-0.4, -0.2) is 19.3 Å².